The van der Waals surface area contributed by atoms with Crippen LogP contribution in [0.5, 0.6) is 0 Å². The van der Waals surface area contributed by atoms with Gasteiger partial charge >= 0.3 is 0 Å². The molecule has 0 saturated carbocycles. The number of hydrogen-bond acceptors (Lipinski definition) is 4. The molecule has 0 unspecified atom stereocenters. The van der Waals surface area contributed by atoms with Gasteiger partial charge in [-0.1, -0.05) is 0 Å². The minimum absolute atomic E-state index is 0.765. The first-order valence-electron chi connectivity index (χ1n) is 5.28. The van der Waals surface area contributed by atoms with Gasteiger partial charge in [0.25, 0.3) is 0 Å². The molecule has 1 aliphatic rings. The van der Waals surface area contributed by atoms with Crippen LogP contribution in [0.15, 0.2) is 12.1 Å². The van der Waals surface area contributed by atoms with E-state index in [1.54, 1.807) is 4.63 Å². The maximum absolute atomic E-state index is 4.45. The molecule has 0 N–H and O–H groups in total. The lowest BCUT2D eigenvalue weighted by Gasteiger charge is -2.15. The summed E-state index contributed by atoms with van der Waals surface area (Å²) in [5.74, 6) is 1.77. The zero-order valence-corrected chi connectivity index (χ0v) is 8.72. The number of rotatable bonds is 1. The molecule has 5 nitrogen and oxygen atoms in total. The highest BCUT2D eigenvalue weighted by Gasteiger charge is 2.14. The highest BCUT2D eigenvalue weighted by atomic mass is 15.5. The van der Waals surface area contributed by atoms with E-state index in [0.29, 0.717) is 0 Å². The smallest absolute Gasteiger partial charge is 0.176 e. The Kier molecular flexibility index (Phi) is 1.83. The molecule has 0 amide bonds. The van der Waals surface area contributed by atoms with Crippen LogP contribution in [0.25, 0.3) is 5.65 Å². The monoisotopic (exact) mass is 203 g/mol. The van der Waals surface area contributed by atoms with Gasteiger partial charge in [-0.05, 0) is 31.9 Å². The van der Waals surface area contributed by atoms with E-state index < -0.39 is 0 Å². The summed E-state index contributed by atoms with van der Waals surface area (Å²) in [6.07, 6.45) is 2.52. The largest absolute Gasteiger partial charge is 0.355 e. The van der Waals surface area contributed by atoms with E-state index in [1.807, 2.05) is 19.1 Å². The average Bonchev–Trinajstić information content (AvgIpc) is 2.82. The van der Waals surface area contributed by atoms with E-state index in [2.05, 4.69) is 20.1 Å². The van der Waals surface area contributed by atoms with E-state index in [4.69, 9.17) is 0 Å². The molecule has 0 spiro atoms. The second-order valence-electron chi connectivity index (χ2n) is 3.89. The molecule has 3 heterocycles. The Labute approximate surface area is 87.7 Å². The number of aromatic nitrogens is 4. The van der Waals surface area contributed by atoms with Crippen LogP contribution in [-0.4, -0.2) is 32.9 Å². The molecule has 15 heavy (non-hydrogen) atoms. The summed E-state index contributed by atoms with van der Waals surface area (Å²) in [5.41, 5.74) is 0.815. The van der Waals surface area contributed by atoms with Gasteiger partial charge < -0.3 is 4.90 Å². The molecule has 2 aromatic rings. The summed E-state index contributed by atoms with van der Waals surface area (Å²) in [7, 11) is 0. The van der Waals surface area contributed by atoms with Crippen molar-refractivity contribution in [1.29, 1.82) is 0 Å². The van der Waals surface area contributed by atoms with E-state index in [1.165, 1.54) is 12.8 Å². The van der Waals surface area contributed by atoms with Gasteiger partial charge in [-0.3, -0.25) is 0 Å². The fourth-order valence-electron chi connectivity index (χ4n) is 1.99. The average molecular weight is 203 g/mol. The molecule has 0 aromatic carbocycles. The van der Waals surface area contributed by atoms with Crippen molar-refractivity contribution in [3.05, 3.63) is 18.0 Å². The van der Waals surface area contributed by atoms with Gasteiger partial charge in [0.15, 0.2) is 11.5 Å². The maximum atomic E-state index is 4.45. The second-order valence-corrected chi connectivity index (χ2v) is 3.89. The van der Waals surface area contributed by atoms with Crippen molar-refractivity contribution in [2.75, 3.05) is 18.0 Å². The Morgan fingerprint density at radius 1 is 1.13 bits per heavy atom. The Bertz CT molecular complexity index is 484. The Morgan fingerprint density at radius 3 is 2.73 bits per heavy atom. The number of nitrogens with zero attached hydrogens (tertiary/aromatic N) is 5. The van der Waals surface area contributed by atoms with Gasteiger partial charge in [0, 0.05) is 13.1 Å². The molecule has 0 radical (unpaired) electrons. The maximum Gasteiger partial charge on any atom is 0.176 e. The van der Waals surface area contributed by atoms with Gasteiger partial charge in [-0.25, -0.2) is 4.98 Å². The van der Waals surface area contributed by atoms with Crippen molar-refractivity contribution >= 4 is 11.5 Å². The van der Waals surface area contributed by atoms with Crippen molar-refractivity contribution in [1.82, 2.24) is 19.8 Å². The zero-order valence-electron chi connectivity index (χ0n) is 8.72. The quantitative estimate of drug-likeness (QED) is 0.694. The van der Waals surface area contributed by atoms with Gasteiger partial charge in [0.2, 0.25) is 0 Å². The minimum atomic E-state index is 0.765. The number of fused-ring (bicyclic) bond motifs is 1. The van der Waals surface area contributed by atoms with Crippen LogP contribution in [0, 0.1) is 6.92 Å². The summed E-state index contributed by atoms with van der Waals surface area (Å²) in [6, 6.07) is 4.00. The van der Waals surface area contributed by atoms with Crippen LogP contribution in [0.2, 0.25) is 0 Å². The fraction of sp³-hybridized carbons (Fsp3) is 0.500. The molecule has 1 fully saturated rings. The highest BCUT2D eigenvalue weighted by Crippen LogP contribution is 2.17. The summed E-state index contributed by atoms with van der Waals surface area (Å²) in [4.78, 5) is 6.54. The summed E-state index contributed by atoms with van der Waals surface area (Å²) >= 11 is 0. The first kappa shape index (κ1) is 8.64. The minimum Gasteiger partial charge on any atom is -0.355 e. The van der Waals surface area contributed by atoms with Crippen LogP contribution >= 0.6 is 0 Å². The van der Waals surface area contributed by atoms with Crippen LogP contribution in [0.4, 0.5) is 5.82 Å². The lowest BCUT2D eigenvalue weighted by molar-refractivity contribution is 0.767. The number of anilines is 1. The predicted molar refractivity (Wildman–Crippen MR) is 57.0 cm³/mol. The third-order valence-corrected chi connectivity index (χ3v) is 2.73. The predicted octanol–water partition coefficient (Wildman–Crippen LogP) is 1.03. The fourth-order valence-corrected chi connectivity index (χ4v) is 1.99. The SMILES string of the molecule is Cc1nc2ccc(N3CCCC3)nn2n1. The molecule has 5 heteroatoms. The molecule has 2 aromatic heterocycles. The van der Waals surface area contributed by atoms with E-state index in [9.17, 15) is 0 Å². The van der Waals surface area contributed by atoms with E-state index >= 15 is 0 Å². The first-order chi connectivity index (χ1) is 7.33. The molecule has 1 aliphatic heterocycles. The van der Waals surface area contributed by atoms with Crippen molar-refractivity contribution in [3.8, 4) is 0 Å². The summed E-state index contributed by atoms with van der Waals surface area (Å²) in [5, 5.41) is 8.66. The highest BCUT2D eigenvalue weighted by molar-refractivity contribution is 5.45. The van der Waals surface area contributed by atoms with Crippen molar-refractivity contribution in [2.24, 2.45) is 0 Å². The standard InChI is InChI=1S/C10H13N5/c1-8-11-9-4-5-10(13-15(9)12-8)14-6-2-3-7-14/h4-5H,2-3,6-7H2,1H3. The van der Waals surface area contributed by atoms with E-state index in [0.717, 1.165) is 30.4 Å². The van der Waals surface area contributed by atoms with Crippen molar-refractivity contribution in [3.63, 3.8) is 0 Å². The van der Waals surface area contributed by atoms with Crippen LogP contribution in [-0.2, 0) is 0 Å². The van der Waals surface area contributed by atoms with Crippen molar-refractivity contribution < 1.29 is 0 Å². The van der Waals surface area contributed by atoms with Crippen LogP contribution in [0.3, 0.4) is 0 Å². The lowest BCUT2D eigenvalue weighted by Crippen LogP contribution is -2.19. The molecule has 0 bridgehead atoms. The van der Waals surface area contributed by atoms with Gasteiger partial charge in [0.1, 0.15) is 5.82 Å². The number of hydrogen-bond donors (Lipinski definition) is 0. The van der Waals surface area contributed by atoms with E-state index in [-0.39, 0.29) is 0 Å². The molecule has 0 atom stereocenters. The Hall–Kier alpha value is -1.65. The topological polar surface area (TPSA) is 46.3 Å². The lowest BCUT2D eigenvalue weighted by atomic mass is 10.4. The van der Waals surface area contributed by atoms with Crippen LogP contribution < -0.4 is 4.90 Å². The zero-order chi connectivity index (χ0) is 10.3. The molecular weight excluding hydrogens is 190 g/mol. The van der Waals surface area contributed by atoms with Crippen molar-refractivity contribution in [2.45, 2.75) is 19.8 Å². The first-order valence-corrected chi connectivity index (χ1v) is 5.28. The summed E-state index contributed by atoms with van der Waals surface area (Å²) in [6.45, 7) is 4.09. The van der Waals surface area contributed by atoms with Gasteiger partial charge in [-0.2, -0.15) is 0 Å². The third kappa shape index (κ3) is 1.44. The molecular formula is C10H13N5. The molecule has 3 rings (SSSR count). The second kappa shape index (κ2) is 3.18. The third-order valence-electron chi connectivity index (χ3n) is 2.73. The van der Waals surface area contributed by atoms with Gasteiger partial charge in [-0.15, -0.1) is 14.8 Å². The molecule has 1 saturated heterocycles. The Morgan fingerprint density at radius 2 is 1.93 bits per heavy atom. The Balaban J connectivity index is 2.04. The van der Waals surface area contributed by atoms with Crippen LogP contribution in [0.1, 0.15) is 18.7 Å². The molecule has 78 valence electrons. The van der Waals surface area contributed by atoms with Gasteiger partial charge in [0.05, 0.1) is 0 Å². The normalized spacial score (nSPS) is 16.5. The number of aryl methyl sites for hydroxylation is 1. The summed E-state index contributed by atoms with van der Waals surface area (Å²) < 4.78 is 1.61. The molecule has 0 aliphatic carbocycles.